The third kappa shape index (κ3) is 2.93. The molecule has 0 aromatic heterocycles. The summed E-state index contributed by atoms with van der Waals surface area (Å²) in [6.45, 7) is 5.57. The highest BCUT2D eigenvalue weighted by Crippen LogP contribution is 2.29. The average molecular weight is 243 g/mol. The van der Waals surface area contributed by atoms with Crippen LogP contribution < -0.4 is 0 Å². The summed E-state index contributed by atoms with van der Waals surface area (Å²) in [6, 6.07) is 0.705. The number of fused-ring (bicyclic) bond motifs is 1. The van der Waals surface area contributed by atoms with Gasteiger partial charge in [-0.3, -0.25) is 4.90 Å². The van der Waals surface area contributed by atoms with Crippen LogP contribution in [0.15, 0.2) is 0 Å². The Morgan fingerprint density at radius 1 is 1.38 bits per heavy atom. The van der Waals surface area contributed by atoms with E-state index in [1.54, 1.807) is 0 Å². The Labute approximate surface area is 105 Å². The molecule has 1 aliphatic heterocycles. The molecular formula is C13H25NOS. The van der Waals surface area contributed by atoms with E-state index in [1.165, 1.54) is 38.6 Å². The summed E-state index contributed by atoms with van der Waals surface area (Å²) in [5.74, 6) is 1.77. The van der Waals surface area contributed by atoms with Crippen LogP contribution in [0.1, 0.15) is 39.0 Å². The van der Waals surface area contributed by atoms with Gasteiger partial charge >= 0.3 is 0 Å². The highest BCUT2D eigenvalue weighted by atomic mass is 32.1. The van der Waals surface area contributed by atoms with Crippen LogP contribution in [0.25, 0.3) is 0 Å². The lowest BCUT2D eigenvalue weighted by Crippen LogP contribution is -2.53. The monoisotopic (exact) mass is 243 g/mol. The smallest absolute Gasteiger partial charge is 0.0730 e. The second-order valence-corrected chi connectivity index (χ2v) is 5.58. The summed E-state index contributed by atoms with van der Waals surface area (Å²) >= 11 is 4.46. The predicted molar refractivity (Wildman–Crippen MR) is 71.2 cm³/mol. The molecule has 1 heterocycles. The molecule has 0 aromatic carbocycles. The highest BCUT2D eigenvalue weighted by Gasteiger charge is 2.34. The van der Waals surface area contributed by atoms with Crippen molar-refractivity contribution in [2.24, 2.45) is 5.92 Å². The van der Waals surface area contributed by atoms with E-state index in [-0.39, 0.29) is 0 Å². The topological polar surface area (TPSA) is 12.5 Å². The fraction of sp³-hybridized carbons (Fsp3) is 1.00. The summed E-state index contributed by atoms with van der Waals surface area (Å²) in [7, 11) is 0. The summed E-state index contributed by atoms with van der Waals surface area (Å²) < 4.78 is 5.90. The number of rotatable bonds is 4. The van der Waals surface area contributed by atoms with Crippen LogP contribution in [0.2, 0.25) is 0 Å². The van der Waals surface area contributed by atoms with Gasteiger partial charge in [-0.15, -0.1) is 0 Å². The van der Waals surface area contributed by atoms with Crippen molar-refractivity contribution in [1.82, 2.24) is 4.90 Å². The maximum Gasteiger partial charge on any atom is 0.0730 e. The van der Waals surface area contributed by atoms with Crippen molar-refractivity contribution in [2.75, 3.05) is 25.4 Å². The zero-order valence-electron chi connectivity index (χ0n) is 10.4. The molecule has 94 valence electrons. The van der Waals surface area contributed by atoms with Crippen molar-refractivity contribution in [3.05, 3.63) is 0 Å². The van der Waals surface area contributed by atoms with E-state index in [1.807, 2.05) is 0 Å². The quantitative estimate of drug-likeness (QED) is 0.762. The Balaban J connectivity index is 1.91. The molecule has 3 atom stereocenters. The van der Waals surface area contributed by atoms with E-state index < -0.39 is 0 Å². The molecule has 1 aliphatic carbocycles. The van der Waals surface area contributed by atoms with Gasteiger partial charge in [-0.2, -0.15) is 12.6 Å². The van der Waals surface area contributed by atoms with E-state index >= 15 is 0 Å². The molecular weight excluding hydrogens is 218 g/mol. The molecule has 2 rings (SSSR count). The lowest BCUT2D eigenvalue weighted by Gasteiger charge is -2.44. The molecule has 0 bridgehead atoms. The predicted octanol–water partition coefficient (Wildman–Crippen LogP) is 2.59. The number of hydrogen-bond acceptors (Lipinski definition) is 3. The number of hydrogen-bond donors (Lipinski definition) is 1. The van der Waals surface area contributed by atoms with Gasteiger partial charge in [0.2, 0.25) is 0 Å². The van der Waals surface area contributed by atoms with Crippen molar-refractivity contribution < 1.29 is 4.74 Å². The molecule has 2 nitrogen and oxygen atoms in total. The van der Waals surface area contributed by atoms with E-state index in [9.17, 15) is 0 Å². The lowest BCUT2D eigenvalue weighted by atomic mass is 9.89. The van der Waals surface area contributed by atoms with Crippen LogP contribution in [0.4, 0.5) is 0 Å². The van der Waals surface area contributed by atoms with Gasteiger partial charge in [0.25, 0.3) is 0 Å². The van der Waals surface area contributed by atoms with Crippen molar-refractivity contribution in [3.8, 4) is 0 Å². The Kier molecular flexibility index (Phi) is 4.98. The first kappa shape index (κ1) is 12.7. The third-order valence-corrected chi connectivity index (χ3v) is 4.69. The van der Waals surface area contributed by atoms with Gasteiger partial charge in [0.15, 0.2) is 0 Å². The Hall–Kier alpha value is 0.270. The van der Waals surface area contributed by atoms with Crippen LogP contribution in [-0.2, 0) is 4.74 Å². The van der Waals surface area contributed by atoms with Crippen molar-refractivity contribution in [2.45, 2.75) is 51.2 Å². The van der Waals surface area contributed by atoms with Crippen molar-refractivity contribution >= 4 is 12.6 Å². The number of thiol groups is 1. The summed E-state index contributed by atoms with van der Waals surface area (Å²) in [5, 5.41) is 0. The average Bonchev–Trinajstić information content (AvgIpc) is 2.36. The van der Waals surface area contributed by atoms with Crippen LogP contribution in [0.3, 0.4) is 0 Å². The van der Waals surface area contributed by atoms with E-state index in [0.717, 1.165) is 24.8 Å². The molecule has 1 saturated heterocycles. The maximum absolute atomic E-state index is 5.90. The summed E-state index contributed by atoms with van der Waals surface area (Å²) in [5.41, 5.74) is 0. The first-order chi connectivity index (χ1) is 7.85. The first-order valence-corrected chi connectivity index (χ1v) is 7.45. The minimum atomic E-state index is 0.528. The van der Waals surface area contributed by atoms with E-state index in [0.29, 0.717) is 12.1 Å². The second-order valence-electron chi connectivity index (χ2n) is 5.21. The number of ether oxygens (including phenoxy) is 1. The van der Waals surface area contributed by atoms with Gasteiger partial charge in [0, 0.05) is 19.1 Å². The molecule has 0 radical (unpaired) electrons. The number of morpholine rings is 1. The number of nitrogens with zero attached hydrogens (tertiary/aromatic N) is 1. The molecule has 3 unspecified atom stereocenters. The molecule has 0 aromatic rings. The van der Waals surface area contributed by atoms with E-state index in [4.69, 9.17) is 4.74 Å². The largest absolute Gasteiger partial charge is 0.375 e. The zero-order chi connectivity index (χ0) is 11.4. The summed E-state index contributed by atoms with van der Waals surface area (Å²) in [4.78, 5) is 2.68. The minimum absolute atomic E-state index is 0.528. The van der Waals surface area contributed by atoms with Gasteiger partial charge < -0.3 is 4.74 Å². The third-order valence-electron chi connectivity index (χ3n) is 4.18. The minimum Gasteiger partial charge on any atom is -0.375 e. The molecule has 16 heavy (non-hydrogen) atoms. The van der Waals surface area contributed by atoms with E-state index in [2.05, 4.69) is 24.5 Å². The highest BCUT2D eigenvalue weighted by molar-refractivity contribution is 7.80. The Morgan fingerprint density at radius 3 is 2.94 bits per heavy atom. The molecule has 2 aliphatic rings. The molecule has 1 saturated carbocycles. The second kappa shape index (κ2) is 6.27. The fourth-order valence-corrected chi connectivity index (χ4v) is 3.42. The van der Waals surface area contributed by atoms with Crippen LogP contribution in [0, 0.1) is 5.92 Å². The van der Waals surface area contributed by atoms with Crippen LogP contribution in [0.5, 0.6) is 0 Å². The molecule has 3 heteroatoms. The summed E-state index contributed by atoms with van der Waals surface area (Å²) in [6.07, 6.45) is 7.14. The molecule has 0 amide bonds. The molecule has 0 spiro atoms. The molecule has 2 fully saturated rings. The standard InChI is InChI=1S/C13H25NOS/c1-2-11(10-16)9-14-7-8-15-13-6-4-3-5-12(13)14/h11-13,16H,2-10H2,1H3. The fourth-order valence-electron chi connectivity index (χ4n) is 3.05. The maximum atomic E-state index is 5.90. The zero-order valence-corrected chi connectivity index (χ0v) is 11.3. The van der Waals surface area contributed by atoms with Crippen molar-refractivity contribution in [1.29, 1.82) is 0 Å². The normalized spacial score (nSPS) is 33.4. The lowest BCUT2D eigenvalue weighted by molar-refractivity contribution is -0.0913. The van der Waals surface area contributed by atoms with Crippen LogP contribution >= 0.6 is 12.6 Å². The SMILES string of the molecule is CCC(CS)CN1CCOC2CCCCC21. The Morgan fingerprint density at radius 2 is 2.19 bits per heavy atom. The van der Waals surface area contributed by atoms with Gasteiger partial charge in [-0.25, -0.2) is 0 Å². The van der Waals surface area contributed by atoms with Crippen molar-refractivity contribution in [3.63, 3.8) is 0 Å². The Bertz CT molecular complexity index is 206. The van der Waals surface area contributed by atoms with Gasteiger partial charge in [-0.05, 0) is 24.5 Å². The van der Waals surface area contributed by atoms with Gasteiger partial charge in [-0.1, -0.05) is 26.2 Å². The van der Waals surface area contributed by atoms with Gasteiger partial charge in [0.1, 0.15) is 0 Å². The molecule has 0 N–H and O–H groups in total. The van der Waals surface area contributed by atoms with Gasteiger partial charge in [0.05, 0.1) is 12.7 Å². The first-order valence-electron chi connectivity index (χ1n) is 6.81. The van der Waals surface area contributed by atoms with Crippen LogP contribution in [-0.4, -0.2) is 42.5 Å².